The van der Waals surface area contributed by atoms with Crippen LogP contribution in [-0.4, -0.2) is 31.8 Å². The summed E-state index contributed by atoms with van der Waals surface area (Å²) in [6, 6.07) is 9.60. The van der Waals surface area contributed by atoms with Crippen LogP contribution in [0.4, 0.5) is 16.2 Å². The third kappa shape index (κ3) is 5.79. The molecule has 2 rings (SSSR count). The molecule has 0 fully saturated rings. The number of halogens is 1. The van der Waals surface area contributed by atoms with Crippen molar-refractivity contribution in [2.24, 2.45) is 0 Å². The zero-order valence-corrected chi connectivity index (χ0v) is 17.1. The number of anilines is 2. The fourth-order valence-corrected chi connectivity index (χ4v) is 2.54. The zero-order chi connectivity index (χ0) is 20.9. The van der Waals surface area contributed by atoms with Crippen LogP contribution in [0.1, 0.15) is 31.1 Å². The summed E-state index contributed by atoms with van der Waals surface area (Å²) in [6.45, 7) is 5.30. The normalized spacial score (nSPS) is 10.8. The van der Waals surface area contributed by atoms with E-state index in [4.69, 9.17) is 25.8 Å². The molecule has 7 nitrogen and oxygen atoms in total. The zero-order valence-electron chi connectivity index (χ0n) is 16.4. The lowest BCUT2D eigenvalue weighted by atomic mass is 10.1. The molecule has 0 aliphatic rings. The summed E-state index contributed by atoms with van der Waals surface area (Å²) in [4.78, 5) is 24.6. The minimum Gasteiger partial charge on any atom is -0.495 e. The van der Waals surface area contributed by atoms with Gasteiger partial charge in [-0.15, -0.1) is 0 Å². The first kappa shape index (κ1) is 21.4. The van der Waals surface area contributed by atoms with Crippen molar-refractivity contribution in [3.05, 3.63) is 47.0 Å². The van der Waals surface area contributed by atoms with Crippen molar-refractivity contribution in [2.75, 3.05) is 24.9 Å². The van der Waals surface area contributed by atoms with Crippen molar-refractivity contribution >= 4 is 35.0 Å². The summed E-state index contributed by atoms with van der Waals surface area (Å²) in [5, 5.41) is 5.72. The Labute approximate surface area is 168 Å². The third-order valence-corrected chi connectivity index (χ3v) is 3.79. The quantitative estimate of drug-likeness (QED) is 0.733. The van der Waals surface area contributed by atoms with E-state index in [-0.39, 0.29) is 0 Å². The van der Waals surface area contributed by atoms with Crippen LogP contribution in [0.5, 0.6) is 11.5 Å². The van der Waals surface area contributed by atoms with E-state index in [0.717, 1.165) is 0 Å². The maximum Gasteiger partial charge on any atom is 0.412 e. The van der Waals surface area contributed by atoms with Crippen LogP contribution in [-0.2, 0) is 4.74 Å². The van der Waals surface area contributed by atoms with Crippen molar-refractivity contribution in [2.45, 2.75) is 26.4 Å². The fraction of sp³-hybridized carbons (Fsp3) is 0.300. The van der Waals surface area contributed by atoms with Gasteiger partial charge >= 0.3 is 6.09 Å². The number of hydrogen-bond acceptors (Lipinski definition) is 5. The summed E-state index contributed by atoms with van der Waals surface area (Å²) < 4.78 is 15.6. The lowest BCUT2D eigenvalue weighted by molar-refractivity contribution is 0.0635. The van der Waals surface area contributed by atoms with Crippen molar-refractivity contribution in [3.8, 4) is 11.5 Å². The maximum absolute atomic E-state index is 12.6. The SMILES string of the molecule is COc1cc(NC(=O)c2cccc(NC(=O)OC(C)(C)C)c2)c(OC)cc1Cl. The van der Waals surface area contributed by atoms with E-state index < -0.39 is 17.6 Å². The van der Waals surface area contributed by atoms with E-state index in [1.54, 1.807) is 57.2 Å². The van der Waals surface area contributed by atoms with E-state index in [1.165, 1.54) is 14.2 Å². The monoisotopic (exact) mass is 406 g/mol. The Morgan fingerprint density at radius 2 is 1.64 bits per heavy atom. The van der Waals surface area contributed by atoms with Crippen LogP contribution < -0.4 is 20.1 Å². The number of carbonyl (C=O) groups excluding carboxylic acids is 2. The van der Waals surface area contributed by atoms with Gasteiger partial charge in [0.1, 0.15) is 17.1 Å². The van der Waals surface area contributed by atoms with Crippen molar-refractivity contribution in [1.29, 1.82) is 0 Å². The Kier molecular flexibility index (Phi) is 6.75. The van der Waals surface area contributed by atoms with Gasteiger partial charge in [0.05, 0.1) is 24.9 Å². The van der Waals surface area contributed by atoms with Crippen LogP contribution >= 0.6 is 11.6 Å². The smallest absolute Gasteiger partial charge is 0.412 e. The first-order chi connectivity index (χ1) is 13.1. The molecule has 0 aliphatic heterocycles. The largest absolute Gasteiger partial charge is 0.495 e. The molecule has 0 spiro atoms. The van der Waals surface area contributed by atoms with Gasteiger partial charge in [-0.1, -0.05) is 17.7 Å². The molecular weight excluding hydrogens is 384 g/mol. The molecule has 0 aliphatic carbocycles. The Morgan fingerprint density at radius 3 is 2.25 bits per heavy atom. The summed E-state index contributed by atoms with van der Waals surface area (Å²) >= 11 is 6.08. The van der Waals surface area contributed by atoms with Crippen LogP contribution in [0, 0.1) is 0 Å². The molecule has 0 saturated heterocycles. The predicted octanol–water partition coefficient (Wildman–Crippen LogP) is 4.96. The standard InChI is InChI=1S/C20H23ClN2O5/c1-20(2,3)28-19(25)22-13-8-6-7-12(9-13)18(24)23-15-11-16(26-4)14(21)10-17(15)27-5/h6-11H,1-5H3,(H,22,25)(H,23,24). The van der Waals surface area contributed by atoms with Gasteiger partial charge in [0.25, 0.3) is 5.91 Å². The maximum atomic E-state index is 12.6. The number of carbonyl (C=O) groups is 2. The van der Waals surface area contributed by atoms with Gasteiger partial charge in [-0.3, -0.25) is 10.1 Å². The van der Waals surface area contributed by atoms with Crippen LogP contribution in [0.25, 0.3) is 0 Å². The van der Waals surface area contributed by atoms with Gasteiger partial charge in [0.15, 0.2) is 0 Å². The highest BCUT2D eigenvalue weighted by atomic mass is 35.5. The Hall–Kier alpha value is -2.93. The number of methoxy groups -OCH3 is 2. The van der Waals surface area contributed by atoms with E-state index in [2.05, 4.69) is 10.6 Å². The van der Waals surface area contributed by atoms with Crippen LogP contribution in [0.15, 0.2) is 36.4 Å². The molecule has 0 radical (unpaired) electrons. The third-order valence-electron chi connectivity index (χ3n) is 3.49. The minimum atomic E-state index is -0.622. The molecule has 2 amide bonds. The molecule has 2 aromatic carbocycles. The Morgan fingerprint density at radius 1 is 0.964 bits per heavy atom. The number of amides is 2. The average molecular weight is 407 g/mol. The van der Waals surface area contributed by atoms with Gasteiger partial charge in [-0.05, 0) is 39.0 Å². The van der Waals surface area contributed by atoms with Gasteiger partial charge in [-0.25, -0.2) is 4.79 Å². The van der Waals surface area contributed by atoms with E-state index >= 15 is 0 Å². The first-order valence-electron chi connectivity index (χ1n) is 8.46. The lowest BCUT2D eigenvalue weighted by Crippen LogP contribution is -2.27. The second kappa shape index (κ2) is 8.84. The highest BCUT2D eigenvalue weighted by molar-refractivity contribution is 6.32. The van der Waals surface area contributed by atoms with E-state index in [9.17, 15) is 9.59 Å². The molecule has 2 N–H and O–H groups in total. The Bertz CT molecular complexity index is 877. The molecule has 0 unspecified atom stereocenters. The summed E-state index contributed by atoms with van der Waals surface area (Å²) in [5.41, 5.74) is 0.551. The van der Waals surface area contributed by atoms with Gasteiger partial charge < -0.3 is 19.5 Å². The van der Waals surface area contributed by atoms with E-state index in [1.807, 2.05) is 0 Å². The number of nitrogens with one attached hydrogen (secondary N) is 2. The summed E-state index contributed by atoms with van der Waals surface area (Å²) in [6.07, 6.45) is -0.603. The molecule has 0 heterocycles. The van der Waals surface area contributed by atoms with Crippen molar-refractivity contribution < 1.29 is 23.8 Å². The van der Waals surface area contributed by atoms with Gasteiger partial charge in [0, 0.05) is 23.4 Å². The molecule has 150 valence electrons. The predicted molar refractivity (Wildman–Crippen MR) is 109 cm³/mol. The lowest BCUT2D eigenvalue weighted by Gasteiger charge is -2.19. The molecule has 0 bridgehead atoms. The number of benzene rings is 2. The number of rotatable bonds is 5. The van der Waals surface area contributed by atoms with Crippen LogP contribution in [0.2, 0.25) is 5.02 Å². The van der Waals surface area contributed by atoms with Crippen molar-refractivity contribution in [1.82, 2.24) is 0 Å². The molecule has 8 heteroatoms. The number of hydrogen-bond donors (Lipinski definition) is 2. The second-order valence-corrected chi connectivity index (χ2v) is 7.26. The first-order valence-corrected chi connectivity index (χ1v) is 8.83. The van der Waals surface area contributed by atoms with Crippen molar-refractivity contribution in [3.63, 3.8) is 0 Å². The van der Waals surface area contributed by atoms with E-state index in [0.29, 0.717) is 33.5 Å². The molecule has 0 saturated carbocycles. The fourth-order valence-electron chi connectivity index (χ4n) is 2.31. The van der Waals surface area contributed by atoms with Gasteiger partial charge in [-0.2, -0.15) is 0 Å². The van der Waals surface area contributed by atoms with Gasteiger partial charge in [0.2, 0.25) is 0 Å². The highest BCUT2D eigenvalue weighted by Crippen LogP contribution is 2.36. The molecular formula is C20H23ClN2O5. The molecule has 2 aromatic rings. The van der Waals surface area contributed by atoms with Crippen LogP contribution in [0.3, 0.4) is 0 Å². The molecule has 28 heavy (non-hydrogen) atoms. The topological polar surface area (TPSA) is 85.9 Å². The minimum absolute atomic E-state index is 0.338. The Balaban J connectivity index is 2.18. The number of ether oxygens (including phenoxy) is 3. The highest BCUT2D eigenvalue weighted by Gasteiger charge is 2.17. The molecule has 0 atom stereocenters. The summed E-state index contributed by atoms with van der Waals surface area (Å²) in [5.74, 6) is 0.399. The second-order valence-electron chi connectivity index (χ2n) is 6.85. The summed E-state index contributed by atoms with van der Waals surface area (Å²) in [7, 11) is 2.95. The molecule has 0 aromatic heterocycles. The average Bonchev–Trinajstić information content (AvgIpc) is 2.61.